The van der Waals surface area contributed by atoms with E-state index in [0.717, 1.165) is 40.6 Å². The van der Waals surface area contributed by atoms with Gasteiger partial charge in [-0.25, -0.2) is 4.39 Å². The lowest BCUT2D eigenvalue weighted by Crippen LogP contribution is -2.62. The second-order valence-corrected chi connectivity index (χ2v) is 9.65. The fourth-order valence-electron chi connectivity index (χ4n) is 5.26. The van der Waals surface area contributed by atoms with Crippen molar-refractivity contribution in [1.29, 1.82) is 0 Å². The van der Waals surface area contributed by atoms with E-state index < -0.39 is 0 Å². The van der Waals surface area contributed by atoms with Crippen LogP contribution in [0.15, 0.2) is 79.0 Å². The first kappa shape index (κ1) is 22.5. The molecule has 2 amide bonds. The average Bonchev–Trinajstić information content (AvgIpc) is 3.52. The molecule has 2 saturated heterocycles. The summed E-state index contributed by atoms with van der Waals surface area (Å²) >= 11 is 0. The van der Waals surface area contributed by atoms with Gasteiger partial charge in [-0.3, -0.25) is 9.59 Å². The molecule has 2 aliphatic rings. The Bertz CT molecular complexity index is 1430. The van der Waals surface area contributed by atoms with E-state index in [9.17, 15) is 14.0 Å². The number of nitrogens with one attached hydrogen (secondary N) is 2. The molecule has 3 aromatic carbocycles. The van der Waals surface area contributed by atoms with E-state index in [4.69, 9.17) is 0 Å². The van der Waals surface area contributed by atoms with Crippen LogP contribution in [-0.2, 0) is 0 Å². The van der Waals surface area contributed by atoms with Gasteiger partial charge in [0.1, 0.15) is 5.82 Å². The zero-order valence-corrected chi connectivity index (χ0v) is 19.8. The summed E-state index contributed by atoms with van der Waals surface area (Å²) in [6.07, 6.45) is 2.77. The second kappa shape index (κ2) is 9.24. The van der Waals surface area contributed by atoms with Crippen molar-refractivity contribution >= 4 is 22.7 Å². The van der Waals surface area contributed by atoms with Gasteiger partial charge >= 0.3 is 0 Å². The first-order chi connectivity index (χ1) is 17.5. The molecule has 2 fully saturated rings. The smallest absolute Gasteiger partial charge is 0.254 e. The molecule has 0 bridgehead atoms. The quantitative estimate of drug-likeness (QED) is 0.446. The number of aromatic amines is 1. The largest absolute Gasteiger partial charge is 0.361 e. The topological polar surface area (TPSA) is 68.4 Å². The molecule has 7 heteroatoms. The average molecular weight is 483 g/mol. The van der Waals surface area contributed by atoms with Crippen molar-refractivity contribution in [3.05, 3.63) is 95.9 Å². The van der Waals surface area contributed by atoms with E-state index in [0.29, 0.717) is 25.2 Å². The van der Waals surface area contributed by atoms with Crippen molar-refractivity contribution in [2.75, 3.05) is 26.2 Å². The van der Waals surface area contributed by atoms with Gasteiger partial charge in [0.2, 0.25) is 0 Å². The molecule has 0 radical (unpaired) electrons. The molecule has 2 aliphatic heterocycles. The molecular weight excluding hydrogens is 455 g/mol. The van der Waals surface area contributed by atoms with Gasteiger partial charge in [0.25, 0.3) is 11.8 Å². The third-order valence-electron chi connectivity index (χ3n) is 7.20. The van der Waals surface area contributed by atoms with E-state index in [2.05, 4.69) is 10.3 Å². The molecule has 4 aromatic rings. The van der Waals surface area contributed by atoms with Crippen molar-refractivity contribution in [3.63, 3.8) is 0 Å². The molecule has 1 atom stereocenters. The summed E-state index contributed by atoms with van der Waals surface area (Å²) in [6.45, 7) is 2.74. The van der Waals surface area contributed by atoms with Crippen molar-refractivity contribution in [1.82, 2.24) is 20.1 Å². The van der Waals surface area contributed by atoms with Gasteiger partial charge in [-0.2, -0.15) is 0 Å². The number of benzene rings is 3. The van der Waals surface area contributed by atoms with Crippen LogP contribution in [0.5, 0.6) is 0 Å². The maximum Gasteiger partial charge on any atom is 0.254 e. The third-order valence-corrected chi connectivity index (χ3v) is 7.20. The Hall–Kier alpha value is -3.97. The summed E-state index contributed by atoms with van der Waals surface area (Å²) in [5.74, 6) is -0.197. The van der Waals surface area contributed by atoms with E-state index >= 15 is 0 Å². The Morgan fingerprint density at radius 1 is 0.833 bits per heavy atom. The molecular formula is C29H27FN4O2. The number of hydrogen-bond acceptors (Lipinski definition) is 3. The van der Waals surface area contributed by atoms with Gasteiger partial charge in [0.05, 0.1) is 0 Å². The molecule has 182 valence electrons. The standard InChI is InChI=1S/C29H27FN4O2/c30-22-8-4-7-20(13-22)26-15-31-27-14-21(9-10-25(26)27)29(36)34-17-24(18-34)32-23-11-12-33(16-23)28(35)19-5-2-1-3-6-19/h1-10,13-15,23-24,31-32H,11-12,16-18H2. The molecule has 0 aliphatic carbocycles. The number of fused-ring (bicyclic) bond motifs is 1. The minimum Gasteiger partial charge on any atom is -0.361 e. The first-order valence-corrected chi connectivity index (χ1v) is 12.3. The van der Waals surface area contributed by atoms with Crippen molar-refractivity contribution in [2.45, 2.75) is 18.5 Å². The van der Waals surface area contributed by atoms with Crippen LogP contribution >= 0.6 is 0 Å². The maximum absolute atomic E-state index is 13.7. The Morgan fingerprint density at radius 2 is 1.61 bits per heavy atom. The van der Waals surface area contributed by atoms with Crippen LogP contribution in [0, 0.1) is 5.82 Å². The van der Waals surface area contributed by atoms with Gasteiger partial charge in [-0.1, -0.05) is 36.4 Å². The van der Waals surface area contributed by atoms with Crippen LogP contribution < -0.4 is 5.32 Å². The second-order valence-electron chi connectivity index (χ2n) is 9.65. The molecule has 3 heterocycles. The van der Waals surface area contributed by atoms with E-state index in [-0.39, 0.29) is 29.7 Å². The number of carbonyl (C=O) groups is 2. The zero-order valence-electron chi connectivity index (χ0n) is 19.8. The number of nitrogens with zero attached hydrogens (tertiary/aromatic N) is 2. The highest BCUT2D eigenvalue weighted by Crippen LogP contribution is 2.30. The van der Waals surface area contributed by atoms with Gasteiger partial charge in [-0.15, -0.1) is 0 Å². The normalized spacial score (nSPS) is 18.0. The highest BCUT2D eigenvalue weighted by molar-refractivity contribution is 6.02. The van der Waals surface area contributed by atoms with Crippen molar-refractivity contribution in [2.24, 2.45) is 0 Å². The van der Waals surface area contributed by atoms with Crippen LogP contribution in [0.1, 0.15) is 27.1 Å². The van der Waals surface area contributed by atoms with Crippen LogP contribution in [0.25, 0.3) is 22.0 Å². The van der Waals surface area contributed by atoms with Crippen molar-refractivity contribution < 1.29 is 14.0 Å². The Kier molecular flexibility index (Phi) is 5.77. The Balaban J connectivity index is 1.05. The molecule has 0 saturated carbocycles. The van der Waals surface area contributed by atoms with Gasteiger partial charge in [-0.05, 0) is 48.4 Å². The molecule has 1 aromatic heterocycles. The summed E-state index contributed by atoms with van der Waals surface area (Å²) in [4.78, 5) is 32.7. The van der Waals surface area contributed by atoms with Gasteiger partial charge < -0.3 is 20.1 Å². The molecule has 6 rings (SSSR count). The highest BCUT2D eigenvalue weighted by atomic mass is 19.1. The lowest BCUT2D eigenvalue weighted by molar-refractivity contribution is 0.0553. The summed E-state index contributed by atoms with van der Waals surface area (Å²) in [5, 5.41) is 4.57. The maximum atomic E-state index is 13.7. The molecule has 6 nitrogen and oxygen atoms in total. The highest BCUT2D eigenvalue weighted by Gasteiger charge is 2.35. The van der Waals surface area contributed by atoms with E-state index in [1.54, 1.807) is 6.07 Å². The van der Waals surface area contributed by atoms with Crippen LogP contribution in [0.3, 0.4) is 0 Å². The lowest BCUT2D eigenvalue weighted by atomic mass is 10.0. The summed E-state index contributed by atoms with van der Waals surface area (Å²) in [5.41, 5.74) is 3.92. The minimum absolute atomic E-state index is 0.00385. The molecule has 1 unspecified atom stereocenters. The lowest BCUT2D eigenvalue weighted by Gasteiger charge is -2.41. The molecule has 2 N–H and O–H groups in total. The summed E-state index contributed by atoms with van der Waals surface area (Å²) in [6, 6.07) is 22.0. The zero-order chi connectivity index (χ0) is 24.6. The fourth-order valence-corrected chi connectivity index (χ4v) is 5.26. The Morgan fingerprint density at radius 3 is 2.42 bits per heavy atom. The molecule has 0 spiro atoms. The van der Waals surface area contributed by atoms with Gasteiger partial charge in [0.15, 0.2) is 0 Å². The number of likely N-dealkylation sites (tertiary alicyclic amines) is 2. The predicted octanol–water partition coefficient (Wildman–Crippen LogP) is 4.30. The number of amides is 2. The van der Waals surface area contributed by atoms with Crippen molar-refractivity contribution in [3.8, 4) is 11.1 Å². The van der Waals surface area contributed by atoms with Gasteiger partial charge in [0, 0.05) is 72.1 Å². The number of rotatable bonds is 5. The van der Waals surface area contributed by atoms with Crippen LogP contribution in [0.2, 0.25) is 0 Å². The minimum atomic E-state index is -0.275. The number of halogens is 1. The number of H-pyrrole nitrogens is 1. The van der Waals surface area contributed by atoms with Crippen LogP contribution in [-0.4, -0.2) is 64.9 Å². The monoisotopic (exact) mass is 482 g/mol. The summed E-state index contributed by atoms with van der Waals surface area (Å²) in [7, 11) is 0. The van der Waals surface area contributed by atoms with E-state index in [1.165, 1.54) is 12.1 Å². The molecule has 36 heavy (non-hydrogen) atoms. The third kappa shape index (κ3) is 4.27. The first-order valence-electron chi connectivity index (χ1n) is 12.3. The number of aromatic nitrogens is 1. The number of hydrogen-bond donors (Lipinski definition) is 2. The number of carbonyl (C=O) groups excluding carboxylic acids is 2. The fraction of sp³-hybridized carbons (Fsp3) is 0.241. The van der Waals surface area contributed by atoms with E-state index in [1.807, 2.05) is 70.6 Å². The summed E-state index contributed by atoms with van der Waals surface area (Å²) < 4.78 is 13.7. The Labute approximate surface area is 208 Å². The SMILES string of the molecule is O=C(c1ccccc1)N1CCC(NC2CN(C(=O)c3ccc4c(-c5cccc(F)c5)c[nH]c4c3)C2)C1. The van der Waals surface area contributed by atoms with Crippen LogP contribution in [0.4, 0.5) is 4.39 Å². The predicted molar refractivity (Wildman–Crippen MR) is 137 cm³/mol.